The largest absolute Gasteiger partial charge is 0.381 e. The molecule has 0 spiro atoms. The third-order valence-corrected chi connectivity index (χ3v) is 3.70. The van der Waals surface area contributed by atoms with Crippen LogP contribution < -0.4 is 0 Å². The van der Waals surface area contributed by atoms with Crippen LogP contribution in [0.5, 0.6) is 0 Å². The van der Waals surface area contributed by atoms with Gasteiger partial charge >= 0.3 is 0 Å². The number of thioether (sulfide) groups is 1. The third kappa shape index (κ3) is 6.97. The molecular formula is C14H21ClOS. The number of hydrogen-bond donors (Lipinski definition) is 0. The summed E-state index contributed by atoms with van der Waals surface area (Å²) in [6.07, 6.45) is 1.15. The van der Waals surface area contributed by atoms with Crippen molar-refractivity contribution in [3.63, 3.8) is 0 Å². The molecule has 0 amide bonds. The first-order chi connectivity index (χ1) is 8.22. The van der Waals surface area contributed by atoms with Gasteiger partial charge in [0.2, 0.25) is 0 Å². The number of ether oxygens (including phenoxy) is 1. The molecule has 0 N–H and O–H groups in total. The summed E-state index contributed by atoms with van der Waals surface area (Å²) in [4.78, 5) is 1.28. The van der Waals surface area contributed by atoms with Crippen LogP contribution in [0.15, 0.2) is 29.2 Å². The molecule has 17 heavy (non-hydrogen) atoms. The van der Waals surface area contributed by atoms with Gasteiger partial charge in [-0.2, -0.15) is 0 Å². The molecular weight excluding hydrogens is 252 g/mol. The summed E-state index contributed by atoms with van der Waals surface area (Å²) in [5.74, 6) is 2.33. The van der Waals surface area contributed by atoms with Gasteiger partial charge in [-0.15, -0.1) is 23.4 Å². The monoisotopic (exact) mass is 272 g/mol. The lowest BCUT2D eigenvalue weighted by atomic mass is 10.1. The second kappa shape index (κ2) is 8.84. The molecule has 0 bridgehead atoms. The van der Waals surface area contributed by atoms with E-state index >= 15 is 0 Å². The Hall–Kier alpha value is -0.180. The minimum atomic E-state index is 0.587. The normalized spacial score (nSPS) is 11.1. The van der Waals surface area contributed by atoms with Crippen LogP contribution in [0.3, 0.4) is 0 Å². The van der Waals surface area contributed by atoms with Gasteiger partial charge in [-0.05, 0) is 30.0 Å². The zero-order valence-corrected chi connectivity index (χ0v) is 12.2. The van der Waals surface area contributed by atoms with Crippen molar-refractivity contribution in [3.05, 3.63) is 29.8 Å². The molecule has 3 heteroatoms. The van der Waals surface area contributed by atoms with Gasteiger partial charge in [0.25, 0.3) is 0 Å². The summed E-state index contributed by atoms with van der Waals surface area (Å²) in [6, 6.07) is 8.40. The van der Waals surface area contributed by atoms with E-state index in [1.807, 2.05) is 11.8 Å². The average molecular weight is 273 g/mol. The van der Waals surface area contributed by atoms with Gasteiger partial charge in [-0.3, -0.25) is 0 Å². The molecule has 1 aromatic carbocycles. The van der Waals surface area contributed by atoms with E-state index in [4.69, 9.17) is 16.3 Å². The summed E-state index contributed by atoms with van der Waals surface area (Å²) >= 11 is 7.57. The van der Waals surface area contributed by atoms with E-state index in [9.17, 15) is 0 Å². The fourth-order valence-corrected chi connectivity index (χ4v) is 2.26. The highest BCUT2D eigenvalue weighted by molar-refractivity contribution is 7.99. The van der Waals surface area contributed by atoms with Crippen molar-refractivity contribution in [2.45, 2.75) is 31.0 Å². The van der Waals surface area contributed by atoms with Gasteiger partial charge in [-0.1, -0.05) is 26.0 Å². The van der Waals surface area contributed by atoms with Gasteiger partial charge in [0.15, 0.2) is 0 Å². The van der Waals surface area contributed by atoms with Gasteiger partial charge < -0.3 is 4.74 Å². The highest BCUT2D eigenvalue weighted by Gasteiger charge is 1.97. The van der Waals surface area contributed by atoms with Gasteiger partial charge in [0.1, 0.15) is 0 Å². The Morgan fingerprint density at radius 1 is 1.18 bits per heavy atom. The molecule has 0 aliphatic heterocycles. The summed E-state index contributed by atoms with van der Waals surface area (Å²) in [6.45, 7) is 6.14. The van der Waals surface area contributed by atoms with Crippen molar-refractivity contribution in [2.24, 2.45) is 5.92 Å². The second-order valence-electron chi connectivity index (χ2n) is 4.42. The zero-order chi connectivity index (χ0) is 12.5. The van der Waals surface area contributed by atoms with E-state index in [1.165, 1.54) is 10.5 Å². The first-order valence-corrected chi connectivity index (χ1v) is 7.60. The lowest BCUT2D eigenvalue weighted by Gasteiger charge is -2.06. The highest BCUT2D eigenvalue weighted by atomic mass is 35.5. The Morgan fingerprint density at radius 3 is 2.47 bits per heavy atom. The van der Waals surface area contributed by atoms with Crippen LogP contribution in [-0.2, 0) is 10.6 Å². The van der Waals surface area contributed by atoms with Crippen LogP contribution in [0.25, 0.3) is 0 Å². The van der Waals surface area contributed by atoms with Crippen molar-refractivity contribution in [3.8, 4) is 0 Å². The predicted molar refractivity (Wildman–Crippen MR) is 77.0 cm³/mol. The van der Waals surface area contributed by atoms with E-state index in [0.29, 0.717) is 5.88 Å². The predicted octanol–water partition coefficient (Wildman–Crippen LogP) is 4.58. The van der Waals surface area contributed by atoms with Crippen molar-refractivity contribution in [1.82, 2.24) is 0 Å². The number of halogens is 1. The summed E-state index contributed by atoms with van der Waals surface area (Å²) < 4.78 is 5.57. The molecule has 0 saturated carbocycles. The second-order valence-corrected chi connectivity index (χ2v) is 5.86. The van der Waals surface area contributed by atoms with Gasteiger partial charge in [0, 0.05) is 23.1 Å². The topological polar surface area (TPSA) is 9.23 Å². The van der Waals surface area contributed by atoms with Crippen molar-refractivity contribution in [2.75, 3.05) is 19.0 Å². The molecule has 0 heterocycles. The summed E-state index contributed by atoms with van der Waals surface area (Å²) in [5.41, 5.74) is 1.17. The van der Waals surface area contributed by atoms with E-state index in [1.54, 1.807) is 0 Å². The Labute approximate surface area is 114 Å². The van der Waals surface area contributed by atoms with Gasteiger partial charge in [0.05, 0.1) is 6.61 Å². The first kappa shape index (κ1) is 14.9. The van der Waals surface area contributed by atoms with E-state index < -0.39 is 0 Å². The van der Waals surface area contributed by atoms with Crippen LogP contribution in [0.1, 0.15) is 25.8 Å². The van der Waals surface area contributed by atoms with E-state index in [-0.39, 0.29) is 0 Å². The van der Waals surface area contributed by atoms with Crippen LogP contribution in [-0.4, -0.2) is 19.0 Å². The number of benzene rings is 1. The molecule has 1 nitrogen and oxygen atoms in total. The molecule has 96 valence electrons. The summed E-state index contributed by atoms with van der Waals surface area (Å²) in [5, 5.41) is 0. The molecule has 0 radical (unpaired) electrons. The average Bonchev–Trinajstić information content (AvgIpc) is 2.34. The quantitative estimate of drug-likeness (QED) is 0.389. The molecule has 0 aliphatic rings. The molecule has 0 saturated heterocycles. The smallest absolute Gasteiger partial charge is 0.0560 e. The maximum atomic E-state index is 5.74. The number of alkyl halides is 1. The van der Waals surface area contributed by atoms with E-state index in [0.717, 1.165) is 31.3 Å². The molecule has 0 aliphatic carbocycles. The summed E-state index contributed by atoms with van der Waals surface area (Å²) in [7, 11) is 0. The minimum absolute atomic E-state index is 0.587. The Balaban J connectivity index is 2.09. The standard InChI is InChI=1S/C14H21ClOS/c1-12(2)7-8-16-9-10-17-14-5-3-13(11-15)4-6-14/h3-6,12H,7-11H2,1-2H3. The van der Waals surface area contributed by atoms with Crippen LogP contribution >= 0.6 is 23.4 Å². The van der Waals surface area contributed by atoms with E-state index in [2.05, 4.69) is 38.1 Å². The van der Waals surface area contributed by atoms with Crippen molar-refractivity contribution in [1.29, 1.82) is 0 Å². The molecule has 0 aromatic heterocycles. The highest BCUT2D eigenvalue weighted by Crippen LogP contribution is 2.18. The SMILES string of the molecule is CC(C)CCOCCSc1ccc(CCl)cc1. The molecule has 0 fully saturated rings. The fraction of sp³-hybridized carbons (Fsp3) is 0.571. The molecule has 0 atom stereocenters. The number of rotatable bonds is 8. The molecule has 0 unspecified atom stereocenters. The third-order valence-electron chi connectivity index (χ3n) is 2.41. The molecule has 1 rings (SSSR count). The van der Waals surface area contributed by atoms with Crippen molar-refractivity contribution >= 4 is 23.4 Å². The Bertz CT molecular complexity index is 298. The first-order valence-electron chi connectivity index (χ1n) is 6.08. The number of hydrogen-bond acceptors (Lipinski definition) is 2. The fourth-order valence-electron chi connectivity index (χ4n) is 1.31. The Morgan fingerprint density at radius 2 is 1.88 bits per heavy atom. The van der Waals surface area contributed by atoms with Crippen molar-refractivity contribution < 1.29 is 4.74 Å². The zero-order valence-electron chi connectivity index (χ0n) is 10.6. The maximum absolute atomic E-state index is 5.74. The van der Waals surface area contributed by atoms with Crippen LogP contribution in [0, 0.1) is 5.92 Å². The lowest BCUT2D eigenvalue weighted by molar-refractivity contribution is 0.138. The molecule has 1 aromatic rings. The lowest BCUT2D eigenvalue weighted by Crippen LogP contribution is -2.02. The minimum Gasteiger partial charge on any atom is -0.381 e. The maximum Gasteiger partial charge on any atom is 0.0560 e. The van der Waals surface area contributed by atoms with Crippen LogP contribution in [0.4, 0.5) is 0 Å². The Kier molecular flexibility index (Phi) is 7.74. The van der Waals surface area contributed by atoms with Crippen LogP contribution in [0.2, 0.25) is 0 Å². The van der Waals surface area contributed by atoms with Gasteiger partial charge in [-0.25, -0.2) is 0 Å².